The fourth-order valence-corrected chi connectivity index (χ4v) is 25.9. The van der Waals surface area contributed by atoms with E-state index < -0.39 is 0 Å². The Morgan fingerprint density at radius 2 is 0.630 bits per heavy atom. The van der Waals surface area contributed by atoms with Crippen LogP contribution in [0, 0.1) is 5.41 Å². The number of anilines is 3. The van der Waals surface area contributed by atoms with E-state index in [0.29, 0.717) is 0 Å². The van der Waals surface area contributed by atoms with Crippen molar-refractivity contribution >= 4 is 82.9 Å². The molecule has 119 heavy (non-hydrogen) atoms. The minimum absolute atomic E-state index is 0.174. The molecule has 0 fully saturated rings. The zero-order valence-corrected chi connectivity index (χ0v) is 72.7. The molecule has 0 spiro atoms. The van der Waals surface area contributed by atoms with Crippen LogP contribution in [0.5, 0.6) is 0 Å². The van der Waals surface area contributed by atoms with Gasteiger partial charge < -0.3 is 18.2 Å². The van der Waals surface area contributed by atoms with Crippen molar-refractivity contribution in [2.45, 2.75) is 270 Å². The van der Waals surface area contributed by atoms with Crippen molar-refractivity contribution in [1.29, 1.82) is 0 Å². The van der Waals surface area contributed by atoms with Crippen LogP contribution in [0.25, 0.3) is 133 Å². The van der Waals surface area contributed by atoms with E-state index in [0.717, 1.165) is 46.3 Å². The molecule has 12 aromatic carbocycles. The number of nitrogens with zero attached hydrogens (tertiary/aromatic N) is 1. The average molecular weight is 1560 g/mol. The van der Waals surface area contributed by atoms with Gasteiger partial charge in [0.1, 0.15) is 33.5 Å². The van der Waals surface area contributed by atoms with Crippen molar-refractivity contribution in [3.05, 3.63) is 267 Å². The molecule has 0 bridgehead atoms. The molecule has 22 rings (SSSR count). The Morgan fingerprint density at radius 3 is 1.13 bits per heavy atom. The molecule has 3 aromatic heterocycles. The van der Waals surface area contributed by atoms with Crippen LogP contribution in [-0.2, 0) is 32.5 Å². The maximum atomic E-state index is 7.78. The molecule has 0 N–H and O–H groups in total. The number of furan rings is 3. The van der Waals surface area contributed by atoms with Crippen LogP contribution in [0.4, 0.5) is 17.1 Å². The monoisotopic (exact) mass is 1560 g/mol. The minimum atomic E-state index is -0.346. The van der Waals surface area contributed by atoms with Crippen LogP contribution >= 0.6 is 0 Å². The van der Waals surface area contributed by atoms with E-state index in [2.05, 4.69) is 288 Å². The van der Waals surface area contributed by atoms with Gasteiger partial charge in [-0.1, -0.05) is 295 Å². The van der Waals surface area contributed by atoms with E-state index in [-0.39, 0.29) is 37.9 Å². The summed E-state index contributed by atoms with van der Waals surface area (Å²) in [5.41, 5.74) is 42.1. The predicted molar refractivity (Wildman–Crippen MR) is 502 cm³/mol. The molecule has 0 amide bonds. The van der Waals surface area contributed by atoms with E-state index >= 15 is 0 Å². The molecular weight excluding hydrogens is 1440 g/mol. The Hall–Kier alpha value is -10.2. The van der Waals surface area contributed by atoms with Gasteiger partial charge in [-0.25, -0.2) is 0 Å². The van der Waals surface area contributed by atoms with E-state index in [1.165, 1.54) is 307 Å². The summed E-state index contributed by atoms with van der Waals surface area (Å²) in [7, 11) is 0. The molecule has 7 aliphatic carbocycles. The molecular formula is C115H117NO3. The standard InChI is InChI=1S/C115H117NO3/c1-13-17-21-23-35-57-114-61-59-113(55-33-19-15-3,56-34-20-16-4)60-62-115(58-36-24-22-18-14-2)93-65-72(47-50-76(93)105-107(115)106(114)103(75-37-25-29-41-84(75)114)104-79-40-28-32-44-96(79)119-108(104)105)116(70-45-48-73-80-66-91-82(68-89(80)111(9,10)87(73)63-70)99-85(109(91,5)6)51-53-97-101(99)77-38-26-30-42-94(77)117-97)71-46-49-74-81-67-92-83(69-90(81)112(11,12)88(74)64-71)100-86(110(92,7)8)52-54-98-102(100)78-39-27-31-43-95(78)118-98/h25-32,37-54,63-69H,13-24,33-36,55-62H2,1-12H3. The Bertz CT molecular complexity index is 6460. The molecule has 0 radical (unpaired) electrons. The minimum Gasteiger partial charge on any atom is -0.456 e. The van der Waals surface area contributed by atoms with Crippen molar-refractivity contribution < 1.29 is 13.3 Å². The maximum Gasteiger partial charge on any atom is 0.144 e. The van der Waals surface area contributed by atoms with Gasteiger partial charge in [0.15, 0.2) is 0 Å². The lowest BCUT2D eigenvalue weighted by atomic mass is 9.64. The third-order valence-corrected chi connectivity index (χ3v) is 32.2. The quantitative estimate of drug-likeness (QED) is 0.0599. The van der Waals surface area contributed by atoms with Gasteiger partial charge in [-0.15, -0.1) is 0 Å². The first-order valence-electron chi connectivity index (χ1n) is 46.5. The smallest absolute Gasteiger partial charge is 0.144 e. The molecule has 0 saturated carbocycles. The van der Waals surface area contributed by atoms with Crippen molar-refractivity contribution in [2.24, 2.45) is 5.41 Å². The Balaban J connectivity index is 0.781. The van der Waals surface area contributed by atoms with E-state index in [1.807, 2.05) is 0 Å². The fourth-order valence-electron chi connectivity index (χ4n) is 25.9. The SMILES string of the molecule is CCCCCCCC12CCC(CCCCC)(CCCCC)CCC3(CCCCCCC)c4ccccc4-c4c3c1c(c1oc3ccccc3c41)-c1ccc(N(c3ccc4c(c3)C(C)(C)c3cc5c(cc3-4)C(C)(C)c3ccc4oc6ccccc6c4c3-5)c3ccc4c(c3)C(C)(C)c3cc5c(cc3-4)C(C)(C)c3ccc4oc6ccccc6c4c3-5)cc12. The largest absolute Gasteiger partial charge is 0.456 e. The van der Waals surface area contributed by atoms with Gasteiger partial charge in [0, 0.05) is 87.4 Å². The lowest BCUT2D eigenvalue weighted by molar-refractivity contribution is 0.154. The van der Waals surface area contributed by atoms with Crippen LogP contribution in [0.3, 0.4) is 0 Å². The van der Waals surface area contributed by atoms with Crippen LogP contribution in [0.15, 0.2) is 213 Å². The average Bonchev–Trinajstić information content (AvgIpc) is 1.49. The molecule has 0 aliphatic heterocycles. The molecule has 7 aliphatic rings. The molecule has 4 nitrogen and oxygen atoms in total. The number of benzene rings is 12. The summed E-state index contributed by atoms with van der Waals surface area (Å²) in [4.78, 5) is 2.74. The second-order valence-electron chi connectivity index (χ2n) is 40.1. The topological polar surface area (TPSA) is 42.7 Å². The van der Waals surface area contributed by atoms with Gasteiger partial charge in [-0.3, -0.25) is 0 Å². The van der Waals surface area contributed by atoms with E-state index in [1.54, 1.807) is 16.7 Å². The summed E-state index contributed by atoms with van der Waals surface area (Å²) in [6.45, 7) is 29.5. The van der Waals surface area contributed by atoms with Crippen molar-refractivity contribution in [1.82, 2.24) is 0 Å². The number of hydrogen-bond donors (Lipinski definition) is 0. The Labute approximate surface area is 705 Å². The first kappa shape index (κ1) is 75.1. The third kappa shape index (κ3) is 10.6. The zero-order valence-electron chi connectivity index (χ0n) is 72.7. The first-order valence-corrected chi connectivity index (χ1v) is 46.5. The Morgan fingerprint density at radius 1 is 0.261 bits per heavy atom. The van der Waals surface area contributed by atoms with Crippen molar-refractivity contribution in [2.75, 3.05) is 4.90 Å². The van der Waals surface area contributed by atoms with Crippen LogP contribution in [-0.4, -0.2) is 0 Å². The van der Waals surface area contributed by atoms with Gasteiger partial charge >= 0.3 is 0 Å². The highest BCUT2D eigenvalue weighted by atomic mass is 16.3. The molecule has 3 heterocycles. The van der Waals surface area contributed by atoms with Crippen LogP contribution < -0.4 is 4.90 Å². The summed E-state index contributed by atoms with van der Waals surface area (Å²) >= 11 is 0. The first-order chi connectivity index (χ1) is 57.8. The van der Waals surface area contributed by atoms with Gasteiger partial charge in [0.05, 0.1) is 0 Å². The van der Waals surface area contributed by atoms with Crippen LogP contribution in [0.1, 0.15) is 304 Å². The Kier molecular flexibility index (Phi) is 17.3. The third-order valence-electron chi connectivity index (χ3n) is 32.2. The predicted octanol–water partition coefficient (Wildman–Crippen LogP) is 34.1. The van der Waals surface area contributed by atoms with E-state index in [9.17, 15) is 0 Å². The number of hydrogen-bond acceptors (Lipinski definition) is 4. The molecule has 0 saturated heterocycles. The van der Waals surface area contributed by atoms with Gasteiger partial charge in [0.2, 0.25) is 0 Å². The number of rotatable bonds is 23. The van der Waals surface area contributed by atoms with Gasteiger partial charge in [-0.2, -0.15) is 0 Å². The number of para-hydroxylation sites is 3. The second kappa shape index (κ2) is 27.4. The molecule has 600 valence electrons. The molecule has 15 aromatic rings. The summed E-state index contributed by atoms with van der Waals surface area (Å²) in [5.74, 6) is 0. The molecule has 4 heteroatoms. The highest BCUT2D eigenvalue weighted by Gasteiger charge is 2.57. The van der Waals surface area contributed by atoms with Gasteiger partial charge in [-0.05, 0) is 276 Å². The van der Waals surface area contributed by atoms with Crippen molar-refractivity contribution in [3.8, 4) is 66.8 Å². The lowest BCUT2D eigenvalue weighted by Crippen LogP contribution is -2.32. The van der Waals surface area contributed by atoms with Crippen LogP contribution in [0.2, 0.25) is 0 Å². The van der Waals surface area contributed by atoms with Gasteiger partial charge in [0.25, 0.3) is 0 Å². The maximum absolute atomic E-state index is 7.78. The molecule has 2 atom stereocenters. The highest BCUT2D eigenvalue weighted by Crippen LogP contribution is 2.71. The lowest BCUT2D eigenvalue weighted by Gasteiger charge is -2.40. The number of unbranched alkanes of at least 4 members (excludes halogenated alkanes) is 12. The summed E-state index contributed by atoms with van der Waals surface area (Å²) in [5, 5.41) is 7.44. The second-order valence-corrected chi connectivity index (χ2v) is 40.1. The summed E-state index contributed by atoms with van der Waals surface area (Å²) in [6.07, 6.45) is 29.9. The highest BCUT2D eigenvalue weighted by molar-refractivity contribution is 6.22. The summed E-state index contributed by atoms with van der Waals surface area (Å²) in [6, 6.07) is 79.4. The zero-order chi connectivity index (χ0) is 81.0. The number of fused-ring (bicyclic) bond motifs is 31. The van der Waals surface area contributed by atoms with E-state index in [4.69, 9.17) is 13.3 Å². The molecule has 2 unspecified atom stereocenters. The fraction of sp³-hybridized carbons (Fsp3) is 0.374. The summed E-state index contributed by atoms with van der Waals surface area (Å²) < 4.78 is 21.2. The normalized spacial score (nSPS) is 18.9. The van der Waals surface area contributed by atoms with Crippen molar-refractivity contribution in [3.63, 3.8) is 0 Å².